The van der Waals surface area contributed by atoms with Crippen molar-refractivity contribution in [2.24, 2.45) is 5.73 Å². The third-order valence-electron chi connectivity index (χ3n) is 5.56. The van der Waals surface area contributed by atoms with Crippen LogP contribution in [0.15, 0.2) is 60.9 Å². The van der Waals surface area contributed by atoms with E-state index in [0.29, 0.717) is 36.7 Å². The average molecular weight is 446 g/mol. The lowest BCUT2D eigenvalue weighted by molar-refractivity contribution is -0.129. The molecule has 33 heavy (non-hydrogen) atoms. The number of amides is 2. The molecule has 4 N–H and O–H groups in total. The number of nitrogens with zero attached hydrogens (tertiary/aromatic N) is 4. The molecule has 0 unspecified atom stereocenters. The van der Waals surface area contributed by atoms with Crippen LogP contribution in [0.4, 0.5) is 23.0 Å². The van der Waals surface area contributed by atoms with Gasteiger partial charge in [0.1, 0.15) is 11.6 Å². The van der Waals surface area contributed by atoms with Gasteiger partial charge in [0.15, 0.2) is 0 Å². The summed E-state index contributed by atoms with van der Waals surface area (Å²) in [6.07, 6.45) is 3.21. The Kier molecular flexibility index (Phi) is 6.68. The van der Waals surface area contributed by atoms with Gasteiger partial charge in [-0.25, -0.2) is 9.97 Å². The zero-order valence-corrected chi connectivity index (χ0v) is 18.5. The second kappa shape index (κ2) is 9.99. The molecule has 170 valence electrons. The van der Waals surface area contributed by atoms with Crippen molar-refractivity contribution < 1.29 is 9.59 Å². The van der Waals surface area contributed by atoms with Crippen LogP contribution in [0.3, 0.4) is 0 Å². The zero-order valence-electron chi connectivity index (χ0n) is 18.5. The van der Waals surface area contributed by atoms with E-state index >= 15 is 0 Å². The number of hydrogen-bond acceptors (Lipinski definition) is 7. The van der Waals surface area contributed by atoms with Crippen molar-refractivity contribution in [3.63, 3.8) is 0 Å². The van der Waals surface area contributed by atoms with Crippen LogP contribution in [0.2, 0.25) is 0 Å². The van der Waals surface area contributed by atoms with E-state index in [-0.39, 0.29) is 5.91 Å². The lowest BCUT2D eigenvalue weighted by Crippen LogP contribution is -2.48. The van der Waals surface area contributed by atoms with Gasteiger partial charge < -0.3 is 26.2 Å². The minimum atomic E-state index is -0.541. The molecule has 1 aromatic carbocycles. The Labute approximate surface area is 192 Å². The largest absolute Gasteiger partial charge is 0.380 e. The van der Waals surface area contributed by atoms with Gasteiger partial charge in [-0.1, -0.05) is 30.3 Å². The fraction of sp³-hybridized carbons (Fsp3) is 0.250. The number of primary amides is 1. The lowest BCUT2D eigenvalue weighted by atomic mass is 10.2. The molecule has 0 atom stereocenters. The first-order chi connectivity index (χ1) is 16.0. The van der Waals surface area contributed by atoms with Crippen LogP contribution in [0.1, 0.15) is 22.8 Å². The van der Waals surface area contributed by atoms with Crippen LogP contribution >= 0.6 is 0 Å². The Morgan fingerprint density at radius 3 is 2.39 bits per heavy atom. The predicted molar refractivity (Wildman–Crippen MR) is 129 cm³/mol. The van der Waals surface area contributed by atoms with E-state index in [9.17, 15) is 9.59 Å². The molecule has 2 aromatic heterocycles. The van der Waals surface area contributed by atoms with Crippen LogP contribution in [0.5, 0.6) is 0 Å². The number of carbonyl (C=O) groups excluding carboxylic acids is 2. The van der Waals surface area contributed by atoms with Crippen LogP contribution in [0.25, 0.3) is 0 Å². The van der Waals surface area contributed by atoms with Crippen molar-refractivity contribution in [1.82, 2.24) is 14.9 Å². The number of carbonyl (C=O) groups is 2. The molecule has 0 spiro atoms. The molecular weight excluding hydrogens is 418 g/mol. The summed E-state index contributed by atoms with van der Waals surface area (Å²) in [5.74, 6) is 1.00. The van der Waals surface area contributed by atoms with Crippen molar-refractivity contribution in [2.45, 2.75) is 13.5 Å². The monoisotopic (exact) mass is 445 g/mol. The van der Waals surface area contributed by atoms with Gasteiger partial charge in [-0.15, -0.1) is 0 Å². The summed E-state index contributed by atoms with van der Waals surface area (Å²) in [4.78, 5) is 36.2. The molecule has 1 fully saturated rings. The molecule has 3 aromatic rings. The lowest BCUT2D eigenvalue weighted by Gasteiger charge is -2.34. The number of piperazine rings is 1. The van der Waals surface area contributed by atoms with Gasteiger partial charge in [-0.05, 0) is 17.7 Å². The maximum Gasteiger partial charge on any atom is 0.252 e. The first-order valence-electron chi connectivity index (χ1n) is 10.8. The van der Waals surface area contributed by atoms with Gasteiger partial charge in [0, 0.05) is 51.9 Å². The molecule has 9 nitrogen and oxygen atoms in total. The van der Waals surface area contributed by atoms with Crippen LogP contribution in [-0.4, -0.2) is 52.9 Å². The number of nitrogens with one attached hydrogen (secondary N) is 2. The summed E-state index contributed by atoms with van der Waals surface area (Å²) in [7, 11) is 0. The molecule has 0 saturated carbocycles. The van der Waals surface area contributed by atoms with E-state index in [1.165, 1.54) is 6.20 Å². The molecule has 4 rings (SSSR count). The molecule has 9 heteroatoms. The number of benzene rings is 1. The average Bonchev–Trinajstić information content (AvgIpc) is 2.84. The van der Waals surface area contributed by atoms with Gasteiger partial charge in [0.25, 0.3) is 5.91 Å². The highest BCUT2D eigenvalue weighted by Crippen LogP contribution is 2.23. The third kappa shape index (κ3) is 5.57. The normalized spacial score (nSPS) is 13.5. The van der Waals surface area contributed by atoms with Crippen LogP contribution < -0.4 is 21.3 Å². The van der Waals surface area contributed by atoms with Gasteiger partial charge in [-0.3, -0.25) is 9.59 Å². The fourth-order valence-corrected chi connectivity index (χ4v) is 3.70. The molecule has 2 amide bonds. The number of nitrogens with two attached hydrogens (primary N) is 1. The predicted octanol–water partition coefficient (Wildman–Crippen LogP) is 2.60. The minimum absolute atomic E-state index is 0.106. The van der Waals surface area contributed by atoms with Crippen molar-refractivity contribution in [3.05, 3.63) is 72.1 Å². The molecular formula is C24H27N7O2. The summed E-state index contributed by atoms with van der Waals surface area (Å²) in [6, 6.07) is 15.5. The highest BCUT2D eigenvalue weighted by molar-refractivity contribution is 5.98. The summed E-state index contributed by atoms with van der Waals surface area (Å²) < 4.78 is 0. The minimum Gasteiger partial charge on any atom is -0.380 e. The molecule has 0 radical (unpaired) electrons. The molecule has 0 aliphatic carbocycles. The summed E-state index contributed by atoms with van der Waals surface area (Å²) in [6.45, 7) is 5.06. The Bertz CT molecular complexity index is 1110. The quantitative estimate of drug-likeness (QED) is 0.512. The smallest absolute Gasteiger partial charge is 0.252 e. The second-order valence-electron chi connectivity index (χ2n) is 7.84. The number of pyridine rings is 2. The fourth-order valence-electron chi connectivity index (χ4n) is 3.70. The summed E-state index contributed by atoms with van der Waals surface area (Å²) in [5, 5.41) is 6.49. The topological polar surface area (TPSA) is 116 Å². The van der Waals surface area contributed by atoms with Gasteiger partial charge in [0.05, 0.1) is 23.1 Å². The maximum absolute atomic E-state index is 11.8. The van der Waals surface area contributed by atoms with E-state index in [1.807, 2.05) is 47.4 Å². The Morgan fingerprint density at radius 1 is 1.00 bits per heavy atom. The van der Waals surface area contributed by atoms with Crippen LogP contribution in [0, 0.1) is 0 Å². The highest BCUT2D eigenvalue weighted by Gasteiger charge is 2.19. The third-order valence-corrected chi connectivity index (χ3v) is 5.56. The van der Waals surface area contributed by atoms with E-state index in [1.54, 1.807) is 19.2 Å². The molecule has 0 bridgehead atoms. The van der Waals surface area contributed by atoms with Crippen molar-refractivity contribution in [1.29, 1.82) is 0 Å². The SMILES string of the molecule is CC(=O)N1CCN(c2ccc(Nc3cc(NCc4ccccc4)c(C(N)=O)cn3)cn2)CC1. The number of anilines is 4. The maximum atomic E-state index is 11.8. The Balaban J connectivity index is 1.43. The summed E-state index contributed by atoms with van der Waals surface area (Å²) in [5.41, 5.74) is 8.32. The van der Waals surface area contributed by atoms with Crippen molar-refractivity contribution in [3.8, 4) is 0 Å². The van der Waals surface area contributed by atoms with E-state index < -0.39 is 5.91 Å². The first kappa shape index (κ1) is 22.1. The first-order valence-corrected chi connectivity index (χ1v) is 10.8. The van der Waals surface area contributed by atoms with Crippen molar-refractivity contribution in [2.75, 3.05) is 41.7 Å². The standard InChI is InChI=1S/C24H27N7O2/c1-17(32)30-9-11-31(12-10-30)23-8-7-19(15-28-23)29-22-13-21(20(16-27-22)24(25)33)26-14-18-5-3-2-4-6-18/h2-8,13,15-16H,9-12,14H2,1H3,(H2,25,33)(H2,26,27,29). The second-order valence-corrected chi connectivity index (χ2v) is 7.84. The van der Waals surface area contributed by atoms with E-state index in [4.69, 9.17) is 5.73 Å². The van der Waals surface area contributed by atoms with Gasteiger partial charge >= 0.3 is 0 Å². The van der Waals surface area contributed by atoms with Gasteiger partial charge in [-0.2, -0.15) is 0 Å². The van der Waals surface area contributed by atoms with Gasteiger partial charge in [0.2, 0.25) is 5.91 Å². The zero-order chi connectivity index (χ0) is 23.2. The molecule has 1 aliphatic heterocycles. The molecule has 3 heterocycles. The molecule has 1 saturated heterocycles. The van der Waals surface area contributed by atoms with E-state index in [2.05, 4.69) is 25.5 Å². The summed E-state index contributed by atoms with van der Waals surface area (Å²) >= 11 is 0. The number of hydrogen-bond donors (Lipinski definition) is 3. The Morgan fingerprint density at radius 2 is 1.76 bits per heavy atom. The number of rotatable bonds is 7. The van der Waals surface area contributed by atoms with E-state index in [0.717, 1.165) is 30.2 Å². The van der Waals surface area contributed by atoms with Crippen molar-refractivity contribution >= 4 is 34.8 Å². The van der Waals surface area contributed by atoms with Crippen LogP contribution in [-0.2, 0) is 11.3 Å². The highest BCUT2D eigenvalue weighted by atomic mass is 16.2. The molecule has 1 aliphatic rings. The number of aromatic nitrogens is 2. The Hall–Kier alpha value is -4.14.